The van der Waals surface area contributed by atoms with E-state index in [1.807, 2.05) is 26.0 Å². The van der Waals surface area contributed by atoms with Crippen LogP contribution in [0.15, 0.2) is 29.1 Å². The third-order valence-electron chi connectivity index (χ3n) is 6.73. The Balaban J connectivity index is 1.62. The number of aromatic nitrogens is 3. The van der Waals surface area contributed by atoms with E-state index >= 15 is 0 Å². The predicted octanol–water partition coefficient (Wildman–Crippen LogP) is 3.33. The summed E-state index contributed by atoms with van der Waals surface area (Å²) >= 11 is 5.87. The first-order valence-electron chi connectivity index (χ1n) is 10.4. The van der Waals surface area contributed by atoms with Crippen molar-refractivity contribution in [3.05, 3.63) is 62.4 Å². The van der Waals surface area contributed by atoms with Crippen molar-refractivity contribution in [2.45, 2.75) is 50.2 Å². The number of nitrogens with zero attached hydrogens (tertiary/aromatic N) is 3. The molecule has 9 heteroatoms. The molecule has 3 aliphatic rings. The van der Waals surface area contributed by atoms with E-state index in [4.69, 9.17) is 16.6 Å². The van der Waals surface area contributed by atoms with Crippen molar-refractivity contribution in [2.75, 3.05) is 5.32 Å². The number of hydrogen-bond donors (Lipinski definition) is 3. The molecular weight excluding hydrogens is 432 g/mol. The maximum Gasteiger partial charge on any atom is 0.356 e. The highest BCUT2D eigenvalue weighted by molar-refractivity contribution is 6.29. The SMILES string of the molecule is Cc1cc([C@@H](C)Nc2ccc(Cl)nc2C(=O)O)c2nc(C34CC(O)(C3)C4)n(C)c(=O)c2c1. The van der Waals surface area contributed by atoms with Gasteiger partial charge in [0.1, 0.15) is 11.0 Å². The van der Waals surface area contributed by atoms with Gasteiger partial charge in [-0.05, 0) is 56.9 Å². The smallest absolute Gasteiger partial charge is 0.356 e. The van der Waals surface area contributed by atoms with Gasteiger partial charge in [-0.2, -0.15) is 0 Å². The summed E-state index contributed by atoms with van der Waals surface area (Å²) in [4.78, 5) is 33.7. The van der Waals surface area contributed by atoms with E-state index in [0.717, 1.165) is 11.1 Å². The average Bonchev–Trinajstić information content (AvgIpc) is 2.68. The van der Waals surface area contributed by atoms with Crippen LogP contribution in [0.2, 0.25) is 5.15 Å². The molecule has 3 fully saturated rings. The number of halogens is 1. The summed E-state index contributed by atoms with van der Waals surface area (Å²) in [5.74, 6) is -0.491. The van der Waals surface area contributed by atoms with Crippen LogP contribution < -0.4 is 10.9 Å². The van der Waals surface area contributed by atoms with Gasteiger partial charge in [0, 0.05) is 18.0 Å². The highest BCUT2D eigenvalue weighted by atomic mass is 35.5. The number of carboxylic acids is 1. The van der Waals surface area contributed by atoms with Gasteiger partial charge >= 0.3 is 5.97 Å². The minimum Gasteiger partial charge on any atom is -0.476 e. The Labute approximate surface area is 188 Å². The van der Waals surface area contributed by atoms with Crippen molar-refractivity contribution in [1.82, 2.24) is 14.5 Å². The maximum atomic E-state index is 13.2. The van der Waals surface area contributed by atoms with Crippen molar-refractivity contribution in [3.63, 3.8) is 0 Å². The normalized spacial score (nSPS) is 24.5. The molecule has 3 aliphatic carbocycles. The van der Waals surface area contributed by atoms with Gasteiger partial charge in [0.05, 0.1) is 28.2 Å². The quantitative estimate of drug-likeness (QED) is 0.506. The first kappa shape index (κ1) is 20.9. The lowest BCUT2D eigenvalue weighted by molar-refractivity contribution is -0.217. The second kappa shape index (κ2) is 6.76. The van der Waals surface area contributed by atoms with Crippen LogP contribution in [-0.2, 0) is 12.5 Å². The molecule has 0 unspecified atom stereocenters. The Hall–Kier alpha value is -2.97. The van der Waals surface area contributed by atoms with Gasteiger partial charge in [0.15, 0.2) is 5.69 Å². The number of hydrogen-bond acceptors (Lipinski definition) is 6. The topological polar surface area (TPSA) is 117 Å². The van der Waals surface area contributed by atoms with Gasteiger partial charge < -0.3 is 15.5 Å². The van der Waals surface area contributed by atoms with Gasteiger partial charge in [-0.1, -0.05) is 17.7 Å². The third kappa shape index (κ3) is 3.01. The summed E-state index contributed by atoms with van der Waals surface area (Å²) < 4.78 is 1.61. The van der Waals surface area contributed by atoms with Crippen molar-refractivity contribution in [3.8, 4) is 0 Å². The molecule has 0 amide bonds. The zero-order chi connectivity index (χ0) is 23.0. The van der Waals surface area contributed by atoms with Crippen LogP contribution in [0.4, 0.5) is 5.69 Å². The van der Waals surface area contributed by atoms with Crippen LogP contribution in [0.5, 0.6) is 0 Å². The second-order valence-electron chi connectivity index (χ2n) is 9.29. The van der Waals surface area contributed by atoms with E-state index in [1.54, 1.807) is 17.7 Å². The summed E-state index contributed by atoms with van der Waals surface area (Å²) in [6.45, 7) is 3.79. The Kier molecular flexibility index (Phi) is 4.42. The van der Waals surface area contributed by atoms with Crippen LogP contribution in [0.25, 0.3) is 10.9 Å². The molecule has 3 N–H and O–H groups in total. The number of pyridine rings is 1. The average molecular weight is 455 g/mol. The van der Waals surface area contributed by atoms with Gasteiger partial charge in [-0.25, -0.2) is 14.8 Å². The number of carboxylic acid groups (broad SMARTS) is 1. The molecule has 1 atom stereocenters. The molecule has 8 nitrogen and oxygen atoms in total. The lowest BCUT2D eigenvalue weighted by atomic mass is 9.41. The number of anilines is 1. The molecule has 1 aromatic carbocycles. The maximum absolute atomic E-state index is 13.2. The zero-order valence-corrected chi connectivity index (χ0v) is 18.7. The fraction of sp³-hybridized carbons (Fsp3) is 0.391. The molecular formula is C23H23ClN4O4. The Morgan fingerprint density at radius 1 is 1.25 bits per heavy atom. The molecule has 0 spiro atoms. The number of aliphatic hydroxyl groups is 1. The molecule has 2 aromatic heterocycles. The fourth-order valence-electron chi connectivity index (χ4n) is 5.35. The highest BCUT2D eigenvalue weighted by Gasteiger charge is 2.69. The lowest BCUT2D eigenvalue weighted by Crippen LogP contribution is -2.70. The minimum atomic E-state index is -1.19. The van der Waals surface area contributed by atoms with E-state index in [9.17, 15) is 19.8 Å². The van der Waals surface area contributed by atoms with Crippen LogP contribution in [0.3, 0.4) is 0 Å². The van der Waals surface area contributed by atoms with Crippen LogP contribution in [0.1, 0.15) is 59.7 Å². The number of benzene rings is 1. The van der Waals surface area contributed by atoms with Crippen molar-refractivity contribution < 1.29 is 15.0 Å². The Bertz CT molecular complexity index is 1350. The Morgan fingerprint density at radius 2 is 1.94 bits per heavy atom. The predicted molar refractivity (Wildman–Crippen MR) is 120 cm³/mol. The molecule has 2 heterocycles. The second-order valence-corrected chi connectivity index (χ2v) is 9.67. The highest BCUT2D eigenvalue weighted by Crippen LogP contribution is 2.67. The molecule has 3 saturated carbocycles. The summed E-state index contributed by atoms with van der Waals surface area (Å²) in [6, 6.07) is 6.52. The van der Waals surface area contributed by atoms with E-state index < -0.39 is 11.6 Å². The number of aryl methyl sites for hydroxylation is 1. The fourth-order valence-corrected chi connectivity index (χ4v) is 5.50. The first-order valence-corrected chi connectivity index (χ1v) is 10.8. The first-order chi connectivity index (χ1) is 15.0. The number of carbonyl (C=O) groups is 1. The number of nitrogens with one attached hydrogen (secondary N) is 1. The monoisotopic (exact) mass is 454 g/mol. The van der Waals surface area contributed by atoms with Crippen LogP contribution >= 0.6 is 11.6 Å². The van der Waals surface area contributed by atoms with Crippen molar-refractivity contribution >= 4 is 34.2 Å². The molecule has 32 heavy (non-hydrogen) atoms. The van der Waals surface area contributed by atoms with Crippen LogP contribution in [-0.4, -0.2) is 36.3 Å². The summed E-state index contributed by atoms with van der Waals surface area (Å²) in [6.07, 6.45) is 1.87. The van der Waals surface area contributed by atoms with Gasteiger partial charge in [0.2, 0.25) is 0 Å². The lowest BCUT2D eigenvalue weighted by Gasteiger charge is -2.67. The van der Waals surface area contributed by atoms with E-state index in [1.165, 1.54) is 6.07 Å². The molecule has 6 rings (SSSR count). The minimum absolute atomic E-state index is 0.0941. The summed E-state index contributed by atoms with van der Waals surface area (Å²) in [7, 11) is 1.73. The molecule has 0 radical (unpaired) electrons. The molecule has 166 valence electrons. The molecule has 0 saturated heterocycles. The number of rotatable bonds is 5. The largest absolute Gasteiger partial charge is 0.476 e. The molecule has 2 bridgehead atoms. The third-order valence-corrected chi connectivity index (χ3v) is 6.94. The van der Waals surface area contributed by atoms with Gasteiger partial charge in [-0.15, -0.1) is 0 Å². The van der Waals surface area contributed by atoms with Crippen molar-refractivity contribution in [2.24, 2.45) is 7.05 Å². The van der Waals surface area contributed by atoms with Gasteiger partial charge in [0.25, 0.3) is 5.56 Å². The standard InChI is InChI=1S/C23H23ClN4O4/c1-11-6-13(12(2)25-15-4-5-16(24)26-18(15)20(30)31)17-14(7-11)19(29)28(3)21(27-17)22-8-23(32,9-22)10-22/h4-7,12,25,32H,8-10H2,1-3H3,(H,30,31)/t12-,22?,23?/m1/s1. The zero-order valence-electron chi connectivity index (χ0n) is 17.9. The molecule has 3 aromatic rings. The van der Waals surface area contributed by atoms with Crippen LogP contribution in [0, 0.1) is 6.92 Å². The number of aromatic carboxylic acids is 1. The van der Waals surface area contributed by atoms with E-state index in [2.05, 4.69) is 10.3 Å². The molecule has 0 aliphatic heterocycles. The summed E-state index contributed by atoms with van der Waals surface area (Å²) in [5, 5.41) is 23.5. The van der Waals surface area contributed by atoms with Crippen molar-refractivity contribution in [1.29, 1.82) is 0 Å². The van der Waals surface area contributed by atoms with Gasteiger partial charge in [-0.3, -0.25) is 9.36 Å². The van der Waals surface area contributed by atoms with E-state index in [0.29, 0.717) is 41.7 Å². The number of fused-ring (bicyclic) bond motifs is 1. The Morgan fingerprint density at radius 3 is 2.56 bits per heavy atom. The summed E-state index contributed by atoms with van der Waals surface area (Å²) in [5.41, 5.74) is 1.46. The van der Waals surface area contributed by atoms with E-state index in [-0.39, 0.29) is 27.9 Å².